The van der Waals surface area contributed by atoms with Crippen LogP contribution in [0.3, 0.4) is 0 Å². The van der Waals surface area contributed by atoms with Gasteiger partial charge in [0.25, 0.3) is 0 Å². The van der Waals surface area contributed by atoms with Gasteiger partial charge >= 0.3 is 0 Å². The highest BCUT2D eigenvalue weighted by Crippen LogP contribution is 2.44. The van der Waals surface area contributed by atoms with Crippen LogP contribution in [0.2, 0.25) is 0 Å². The molecule has 1 unspecified atom stereocenters. The summed E-state index contributed by atoms with van der Waals surface area (Å²) in [5.74, 6) is 0.501. The van der Waals surface area contributed by atoms with Gasteiger partial charge in [0.05, 0.1) is 11.2 Å². The van der Waals surface area contributed by atoms with Crippen LogP contribution in [0, 0.1) is 5.92 Å². The van der Waals surface area contributed by atoms with Crippen LogP contribution in [-0.2, 0) is 4.79 Å². The Hall–Kier alpha value is -4.06. The largest absolute Gasteiger partial charge is 0.371 e. The normalized spacial score (nSPS) is 19.2. The van der Waals surface area contributed by atoms with E-state index in [4.69, 9.17) is 5.10 Å². The molecule has 4 aromatic rings. The molecule has 2 aromatic heterocycles. The summed E-state index contributed by atoms with van der Waals surface area (Å²) in [5.41, 5.74) is 9.94. The van der Waals surface area contributed by atoms with Gasteiger partial charge in [-0.3, -0.25) is 9.89 Å². The molecule has 6 nitrogen and oxygen atoms in total. The van der Waals surface area contributed by atoms with Crippen LogP contribution in [0.1, 0.15) is 44.6 Å². The number of nitrogens with one attached hydrogen (secondary N) is 3. The molecule has 1 aliphatic heterocycles. The molecule has 1 amide bonds. The van der Waals surface area contributed by atoms with Crippen molar-refractivity contribution >= 4 is 39.0 Å². The monoisotopic (exact) mass is 489 g/mol. The first-order valence-corrected chi connectivity index (χ1v) is 13.5. The molecule has 186 valence electrons. The molecule has 37 heavy (non-hydrogen) atoms. The van der Waals surface area contributed by atoms with Gasteiger partial charge in [-0.25, -0.2) is 0 Å². The molecule has 6 heteroatoms. The highest BCUT2D eigenvalue weighted by Gasteiger charge is 2.30. The number of benzene rings is 2. The van der Waals surface area contributed by atoms with E-state index in [2.05, 4.69) is 81.0 Å². The van der Waals surface area contributed by atoms with Crippen molar-refractivity contribution in [2.75, 3.05) is 18.0 Å². The summed E-state index contributed by atoms with van der Waals surface area (Å²) in [7, 11) is 0. The van der Waals surface area contributed by atoms with Gasteiger partial charge in [0.15, 0.2) is 0 Å². The topological polar surface area (TPSA) is 76.8 Å². The Kier molecular flexibility index (Phi) is 5.27. The molecule has 0 bridgehead atoms. The molecule has 2 fully saturated rings. The van der Waals surface area contributed by atoms with E-state index in [-0.39, 0.29) is 5.91 Å². The Morgan fingerprint density at radius 3 is 2.81 bits per heavy atom. The first-order chi connectivity index (χ1) is 18.2. The number of fused-ring (bicyclic) bond motifs is 3. The zero-order valence-corrected chi connectivity index (χ0v) is 21.1. The van der Waals surface area contributed by atoms with Gasteiger partial charge in [-0.1, -0.05) is 30.7 Å². The average molecular weight is 490 g/mol. The molecule has 1 atom stereocenters. The molecular formula is C31H31N5O. The van der Waals surface area contributed by atoms with E-state index < -0.39 is 0 Å². The fraction of sp³-hybridized carbons (Fsp3) is 0.290. The van der Waals surface area contributed by atoms with E-state index in [0.29, 0.717) is 12.3 Å². The SMILES string of the molecule is CCC(=O)NC1=CC(c2ccc3[nH]nc(-c4cc5c(N6CCCCC6)cccc5[nH]4)c3c2)=CC2CC2=C1. The van der Waals surface area contributed by atoms with Gasteiger partial charge in [-0.15, -0.1) is 0 Å². The number of carbonyl (C=O) groups is 1. The van der Waals surface area contributed by atoms with E-state index in [0.717, 1.165) is 64.2 Å². The first-order valence-electron chi connectivity index (χ1n) is 13.5. The summed E-state index contributed by atoms with van der Waals surface area (Å²) in [6, 6.07) is 15.3. The molecule has 1 saturated heterocycles. The molecule has 2 aromatic carbocycles. The van der Waals surface area contributed by atoms with Crippen LogP contribution >= 0.6 is 0 Å². The fourth-order valence-corrected chi connectivity index (χ4v) is 5.78. The number of hydrogen-bond acceptors (Lipinski definition) is 3. The van der Waals surface area contributed by atoms with E-state index in [1.54, 1.807) is 0 Å². The van der Waals surface area contributed by atoms with Crippen molar-refractivity contribution in [3.8, 4) is 11.4 Å². The lowest BCUT2D eigenvalue weighted by Crippen LogP contribution is -2.29. The third kappa shape index (κ3) is 4.06. The number of H-pyrrole nitrogens is 2. The number of carbonyl (C=O) groups excluding carboxylic acids is 1. The third-order valence-corrected chi connectivity index (χ3v) is 7.90. The van der Waals surface area contributed by atoms with Crippen LogP contribution < -0.4 is 10.2 Å². The number of amides is 1. The van der Waals surface area contributed by atoms with Gasteiger partial charge in [0.2, 0.25) is 5.91 Å². The van der Waals surface area contributed by atoms with Crippen LogP contribution in [0.5, 0.6) is 0 Å². The first kappa shape index (κ1) is 22.2. The maximum atomic E-state index is 12.1. The third-order valence-electron chi connectivity index (χ3n) is 7.90. The second kappa shape index (κ2) is 8.80. The van der Waals surface area contributed by atoms with Crippen molar-refractivity contribution in [1.82, 2.24) is 20.5 Å². The Labute approximate surface area is 216 Å². The molecule has 2 aliphatic carbocycles. The highest BCUT2D eigenvalue weighted by atomic mass is 16.1. The lowest BCUT2D eigenvalue weighted by molar-refractivity contribution is -0.120. The molecule has 3 N–H and O–H groups in total. The predicted octanol–water partition coefficient (Wildman–Crippen LogP) is 6.45. The lowest BCUT2D eigenvalue weighted by atomic mass is 10.0. The Bertz CT molecular complexity index is 1630. The second-order valence-electron chi connectivity index (χ2n) is 10.5. The summed E-state index contributed by atoms with van der Waals surface area (Å²) in [5, 5.41) is 13.4. The second-order valence-corrected chi connectivity index (χ2v) is 10.5. The minimum atomic E-state index is 0.0388. The number of hydrogen-bond donors (Lipinski definition) is 3. The Morgan fingerprint density at radius 1 is 1.05 bits per heavy atom. The van der Waals surface area contributed by atoms with Crippen LogP contribution in [0.4, 0.5) is 5.69 Å². The highest BCUT2D eigenvalue weighted by molar-refractivity contribution is 6.01. The van der Waals surface area contributed by atoms with E-state index in [9.17, 15) is 4.79 Å². The molecular weight excluding hydrogens is 458 g/mol. The standard InChI is InChI=1S/C31H31N5O/c1-2-30(37)32-23-15-21(13-20-14-22(20)16-23)19-9-10-27-25(17-19)31(35-34-27)28-18-24-26(33-28)7-6-8-29(24)36-11-4-3-5-12-36/h6-10,13,15-18,20,33H,2-5,11-12,14H2,1H3,(H,32,37)(H,34,35). The van der Waals surface area contributed by atoms with Crippen molar-refractivity contribution in [2.45, 2.75) is 39.0 Å². The number of nitrogens with zero attached hydrogens (tertiary/aromatic N) is 2. The van der Waals surface area contributed by atoms with Gasteiger partial charge in [-0.2, -0.15) is 5.10 Å². The average Bonchev–Trinajstić information content (AvgIpc) is 3.33. The summed E-state index contributed by atoms with van der Waals surface area (Å²) >= 11 is 0. The van der Waals surface area contributed by atoms with Crippen molar-refractivity contribution in [3.05, 3.63) is 77.5 Å². The number of piperidine rings is 1. The summed E-state index contributed by atoms with van der Waals surface area (Å²) in [4.78, 5) is 18.2. The minimum absolute atomic E-state index is 0.0388. The summed E-state index contributed by atoms with van der Waals surface area (Å²) < 4.78 is 0. The van der Waals surface area contributed by atoms with Gasteiger partial charge in [0, 0.05) is 53.1 Å². The van der Waals surface area contributed by atoms with Gasteiger partial charge in [-0.05, 0) is 79.3 Å². The fourth-order valence-electron chi connectivity index (χ4n) is 5.78. The zero-order chi connectivity index (χ0) is 24.9. The van der Waals surface area contributed by atoms with Gasteiger partial charge < -0.3 is 15.2 Å². The van der Waals surface area contributed by atoms with E-state index >= 15 is 0 Å². The van der Waals surface area contributed by atoms with Crippen molar-refractivity contribution < 1.29 is 4.79 Å². The number of aromatic nitrogens is 3. The summed E-state index contributed by atoms with van der Waals surface area (Å²) in [6.45, 7) is 4.12. The number of aromatic amines is 2. The maximum Gasteiger partial charge on any atom is 0.224 e. The smallest absolute Gasteiger partial charge is 0.224 e. The zero-order valence-electron chi connectivity index (χ0n) is 21.1. The molecule has 3 heterocycles. The summed E-state index contributed by atoms with van der Waals surface area (Å²) in [6.07, 6.45) is 11.9. The maximum absolute atomic E-state index is 12.1. The molecule has 7 rings (SSSR count). The van der Waals surface area contributed by atoms with Crippen molar-refractivity contribution in [2.24, 2.45) is 5.92 Å². The molecule has 3 aliphatic rings. The lowest BCUT2D eigenvalue weighted by Gasteiger charge is -2.29. The molecule has 0 radical (unpaired) electrons. The van der Waals surface area contributed by atoms with Crippen molar-refractivity contribution in [3.63, 3.8) is 0 Å². The van der Waals surface area contributed by atoms with E-state index in [1.807, 2.05) is 6.92 Å². The Morgan fingerprint density at radius 2 is 1.95 bits per heavy atom. The van der Waals surface area contributed by atoms with Gasteiger partial charge in [0.1, 0.15) is 5.69 Å². The number of anilines is 1. The molecule has 1 saturated carbocycles. The minimum Gasteiger partial charge on any atom is -0.371 e. The van der Waals surface area contributed by atoms with Crippen molar-refractivity contribution in [1.29, 1.82) is 0 Å². The Balaban J connectivity index is 1.28. The van der Waals surface area contributed by atoms with Crippen LogP contribution in [-0.4, -0.2) is 34.2 Å². The predicted molar refractivity (Wildman–Crippen MR) is 150 cm³/mol. The quantitative estimate of drug-likeness (QED) is 0.301. The van der Waals surface area contributed by atoms with Crippen LogP contribution in [0.25, 0.3) is 38.8 Å². The van der Waals surface area contributed by atoms with Crippen LogP contribution in [0.15, 0.2) is 72.0 Å². The number of allylic oxidation sites excluding steroid dienone is 5. The molecule has 0 spiro atoms. The van der Waals surface area contributed by atoms with E-state index in [1.165, 1.54) is 35.9 Å². The number of rotatable bonds is 5.